The van der Waals surface area contributed by atoms with Gasteiger partial charge in [0.1, 0.15) is 36.0 Å². The molecule has 2 heterocycles. The Labute approximate surface area is 273 Å². The summed E-state index contributed by atoms with van der Waals surface area (Å²) in [5.74, 6) is -3.01. The first kappa shape index (κ1) is 36.4. The fraction of sp³-hybridized carbons (Fsp3) is 0.567. The monoisotopic (exact) mass is 657 g/mol. The zero-order valence-corrected chi connectivity index (χ0v) is 26.9. The Morgan fingerprint density at radius 1 is 0.830 bits per heavy atom. The first-order valence-electron chi connectivity index (χ1n) is 15.7. The number of phenolic OH excluding ortho intramolecular Hbond substituents is 1. The molecule has 0 unspecified atom stereocenters. The highest BCUT2D eigenvalue weighted by Crippen LogP contribution is 2.20. The smallest absolute Gasteiger partial charge is 0.245 e. The van der Waals surface area contributed by atoms with Crippen molar-refractivity contribution in [2.24, 2.45) is 32.9 Å². The summed E-state index contributed by atoms with van der Waals surface area (Å²) in [4.78, 5) is 79.2. The van der Waals surface area contributed by atoms with Crippen molar-refractivity contribution in [1.29, 1.82) is 0 Å². The van der Waals surface area contributed by atoms with Crippen LogP contribution in [0.1, 0.15) is 51.0 Å². The Balaban J connectivity index is 2.02. The third-order valence-electron chi connectivity index (χ3n) is 8.18. The van der Waals surface area contributed by atoms with Gasteiger partial charge >= 0.3 is 0 Å². The maximum absolute atomic E-state index is 14.0. The zero-order chi connectivity index (χ0) is 34.7. The molecule has 0 aromatic heterocycles. The maximum atomic E-state index is 14.0. The number of hydrogen-bond acceptors (Lipinski definition) is 8. The van der Waals surface area contributed by atoms with Gasteiger partial charge in [0.15, 0.2) is 11.9 Å². The number of carbonyl (C=O) groups is 5. The first-order valence-corrected chi connectivity index (χ1v) is 15.7. The molecule has 17 heteroatoms. The number of likely N-dealkylation sites (N-methyl/N-ethyl adjacent to an activating group) is 1. The number of aliphatic imine (C=N–C) groups is 2. The molecule has 1 aromatic carbocycles. The highest BCUT2D eigenvalue weighted by molar-refractivity contribution is 5.98. The highest BCUT2D eigenvalue weighted by atomic mass is 16.3. The predicted molar refractivity (Wildman–Crippen MR) is 174 cm³/mol. The van der Waals surface area contributed by atoms with Gasteiger partial charge in [0.05, 0.1) is 0 Å². The molecule has 12 N–H and O–H groups in total. The SMILES string of the molecule is C[C@@H]1NC(=O)[C@H](CCCN=C(N)N)N(C)C(=O)[C@H](CCCN=C(N)N)NC(=O)[C@@H](Cc2ccc(O)cc2)NC(=O)[C@@H]2CCCN2C1=O. The lowest BCUT2D eigenvalue weighted by Gasteiger charge is -2.32. The van der Waals surface area contributed by atoms with E-state index in [-0.39, 0.29) is 50.0 Å². The summed E-state index contributed by atoms with van der Waals surface area (Å²) in [6.45, 7) is 2.20. The molecule has 3 rings (SSSR count). The van der Waals surface area contributed by atoms with E-state index in [9.17, 15) is 29.1 Å². The van der Waals surface area contributed by atoms with E-state index in [0.29, 0.717) is 37.8 Å². The maximum Gasteiger partial charge on any atom is 0.245 e. The van der Waals surface area contributed by atoms with Crippen molar-refractivity contribution in [3.8, 4) is 5.75 Å². The van der Waals surface area contributed by atoms with Gasteiger partial charge in [0.25, 0.3) is 0 Å². The van der Waals surface area contributed by atoms with Gasteiger partial charge in [-0.25, -0.2) is 0 Å². The van der Waals surface area contributed by atoms with E-state index < -0.39 is 59.7 Å². The number of hydrogen-bond donors (Lipinski definition) is 8. The van der Waals surface area contributed by atoms with Gasteiger partial charge in [0, 0.05) is 33.1 Å². The van der Waals surface area contributed by atoms with E-state index >= 15 is 0 Å². The molecule has 0 spiro atoms. The molecule has 2 aliphatic rings. The van der Waals surface area contributed by atoms with Gasteiger partial charge in [-0.15, -0.1) is 0 Å². The van der Waals surface area contributed by atoms with E-state index in [2.05, 4.69) is 25.9 Å². The molecule has 0 saturated carbocycles. The van der Waals surface area contributed by atoms with Crippen LogP contribution < -0.4 is 38.9 Å². The van der Waals surface area contributed by atoms with Crippen molar-refractivity contribution in [3.05, 3.63) is 29.8 Å². The van der Waals surface area contributed by atoms with Crippen LogP contribution in [0, 0.1) is 0 Å². The minimum absolute atomic E-state index is 0.0315. The third kappa shape index (κ3) is 10.5. The van der Waals surface area contributed by atoms with Gasteiger partial charge in [-0.05, 0) is 63.1 Å². The second-order valence-electron chi connectivity index (χ2n) is 11.8. The summed E-state index contributed by atoms with van der Waals surface area (Å²) >= 11 is 0. The van der Waals surface area contributed by atoms with Crippen molar-refractivity contribution in [3.63, 3.8) is 0 Å². The number of carbonyl (C=O) groups excluding carboxylic acids is 5. The number of nitrogens with zero attached hydrogens (tertiary/aromatic N) is 4. The Kier molecular flexibility index (Phi) is 13.2. The minimum Gasteiger partial charge on any atom is -0.508 e. The third-order valence-corrected chi connectivity index (χ3v) is 8.18. The molecular weight excluding hydrogens is 610 g/mol. The van der Waals surface area contributed by atoms with Gasteiger partial charge in [-0.3, -0.25) is 34.0 Å². The Bertz CT molecular complexity index is 1340. The van der Waals surface area contributed by atoms with Crippen LogP contribution in [0.25, 0.3) is 0 Å². The Hall–Kier alpha value is -5.09. The molecule has 47 heavy (non-hydrogen) atoms. The number of nitrogens with two attached hydrogens (primary N) is 4. The minimum atomic E-state index is -1.14. The molecule has 1 aromatic rings. The quantitative estimate of drug-likeness (QED) is 0.0735. The first-order chi connectivity index (χ1) is 22.3. The number of amides is 5. The van der Waals surface area contributed by atoms with Crippen molar-refractivity contribution in [2.75, 3.05) is 26.7 Å². The number of nitrogens with one attached hydrogen (secondary N) is 3. The summed E-state index contributed by atoms with van der Waals surface area (Å²) in [7, 11) is 1.44. The van der Waals surface area contributed by atoms with Gasteiger partial charge in [-0.2, -0.15) is 0 Å². The van der Waals surface area contributed by atoms with Crippen LogP contribution in [0.3, 0.4) is 0 Å². The molecule has 5 amide bonds. The average molecular weight is 658 g/mol. The number of phenols is 1. The van der Waals surface area contributed by atoms with Crippen LogP contribution in [-0.4, -0.2) is 113 Å². The standard InChI is InChI=1S/C30H47N11O6/c1-17-27(46)41-15-5-8-23(41)26(45)39-21(16-18-9-11-19(42)12-10-18)24(43)38-20(6-3-13-35-29(31)32)28(47)40(2)22(25(44)37-17)7-4-14-36-30(33)34/h9-12,17,20-23,42H,3-8,13-16H2,1-2H3,(H,37,44)(H,38,43)(H,39,45)(H4,31,32,35)(H4,33,34,36)/t17-,20-,21+,22-,23-/m0/s1. The Morgan fingerprint density at radius 3 is 2.04 bits per heavy atom. The molecule has 2 saturated heterocycles. The Morgan fingerprint density at radius 2 is 1.43 bits per heavy atom. The number of fused-ring (bicyclic) bond motifs is 1. The highest BCUT2D eigenvalue weighted by Gasteiger charge is 2.40. The van der Waals surface area contributed by atoms with Crippen LogP contribution >= 0.6 is 0 Å². The largest absolute Gasteiger partial charge is 0.508 e. The van der Waals surface area contributed by atoms with E-state index in [1.165, 1.54) is 35.9 Å². The molecule has 0 aliphatic carbocycles. The van der Waals surface area contributed by atoms with Gasteiger partial charge in [0.2, 0.25) is 29.5 Å². The molecule has 2 aliphatic heterocycles. The summed E-state index contributed by atoms with van der Waals surface area (Å²) in [5.41, 5.74) is 22.4. The van der Waals surface area contributed by atoms with Gasteiger partial charge in [-0.1, -0.05) is 12.1 Å². The van der Waals surface area contributed by atoms with E-state index in [4.69, 9.17) is 22.9 Å². The van der Waals surface area contributed by atoms with Crippen LogP contribution in [0.2, 0.25) is 0 Å². The topological polar surface area (TPSA) is 277 Å². The molecule has 17 nitrogen and oxygen atoms in total. The fourth-order valence-corrected chi connectivity index (χ4v) is 5.69. The summed E-state index contributed by atoms with van der Waals surface area (Å²) in [5, 5.41) is 18.0. The van der Waals surface area contributed by atoms with E-state index in [0.717, 1.165) is 0 Å². The van der Waals surface area contributed by atoms with E-state index in [1.54, 1.807) is 12.1 Å². The zero-order valence-electron chi connectivity index (χ0n) is 26.9. The summed E-state index contributed by atoms with van der Waals surface area (Å²) in [6, 6.07) is 0.980. The molecule has 5 atom stereocenters. The number of rotatable bonds is 10. The second kappa shape index (κ2) is 17.0. The van der Waals surface area contributed by atoms with Crippen LogP contribution in [0.15, 0.2) is 34.3 Å². The van der Waals surface area contributed by atoms with Crippen molar-refractivity contribution in [1.82, 2.24) is 25.8 Å². The van der Waals surface area contributed by atoms with Crippen molar-refractivity contribution < 1.29 is 29.1 Å². The molecule has 0 radical (unpaired) electrons. The van der Waals surface area contributed by atoms with E-state index in [1.807, 2.05) is 0 Å². The lowest BCUT2D eigenvalue weighted by molar-refractivity contribution is -0.144. The molecule has 2 fully saturated rings. The summed E-state index contributed by atoms with van der Waals surface area (Å²) in [6.07, 6.45) is 1.86. The van der Waals surface area contributed by atoms with Crippen LogP contribution in [-0.2, 0) is 30.4 Å². The van der Waals surface area contributed by atoms with Crippen molar-refractivity contribution in [2.45, 2.75) is 82.1 Å². The molecule has 0 bridgehead atoms. The number of aromatic hydroxyl groups is 1. The van der Waals surface area contributed by atoms with Crippen LogP contribution in [0.5, 0.6) is 5.75 Å². The lowest BCUT2D eigenvalue weighted by atomic mass is 10.0. The number of benzene rings is 1. The average Bonchev–Trinajstić information content (AvgIpc) is 3.51. The predicted octanol–water partition coefficient (Wildman–Crippen LogP) is -2.65. The molecular formula is C30H47N11O6. The fourth-order valence-electron chi connectivity index (χ4n) is 5.69. The van der Waals surface area contributed by atoms with Crippen molar-refractivity contribution >= 4 is 41.5 Å². The normalized spacial score (nSPS) is 24.3. The van der Waals surface area contributed by atoms with Crippen LogP contribution in [0.4, 0.5) is 0 Å². The second-order valence-corrected chi connectivity index (χ2v) is 11.8. The lowest BCUT2D eigenvalue weighted by Crippen LogP contribution is -2.58. The number of guanidine groups is 2. The van der Waals surface area contributed by atoms with Gasteiger partial charge < -0.3 is 53.8 Å². The summed E-state index contributed by atoms with van der Waals surface area (Å²) < 4.78 is 0. The molecule has 258 valence electrons.